The Morgan fingerprint density at radius 3 is 2.63 bits per heavy atom. The summed E-state index contributed by atoms with van der Waals surface area (Å²) in [7, 11) is 0. The molecule has 0 spiro atoms. The van der Waals surface area contributed by atoms with Crippen molar-refractivity contribution in [3.8, 4) is 6.07 Å². The van der Waals surface area contributed by atoms with E-state index in [4.69, 9.17) is 5.26 Å². The Bertz CT molecular complexity index is 1320. The number of carbonyl (C=O) groups excluding carboxylic acids is 3. The van der Waals surface area contributed by atoms with Gasteiger partial charge in [-0.3, -0.25) is 14.5 Å². The third-order valence-corrected chi connectivity index (χ3v) is 7.05. The Morgan fingerprint density at radius 2 is 1.91 bits per heavy atom. The lowest BCUT2D eigenvalue weighted by molar-refractivity contribution is -0.139. The van der Waals surface area contributed by atoms with Crippen LogP contribution in [0.2, 0.25) is 0 Å². The molecule has 35 heavy (non-hydrogen) atoms. The van der Waals surface area contributed by atoms with Crippen LogP contribution in [0.4, 0.5) is 4.79 Å². The number of para-hydroxylation sites is 1. The Kier molecular flexibility index (Phi) is 6.00. The monoisotopic (exact) mass is 469 g/mol. The fourth-order valence-corrected chi connectivity index (χ4v) is 4.79. The molecule has 2 heterocycles. The molecule has 0 bridgehead atoms. The quantitative estimate of drug-likeness (QED) is 0.493. The fourth-order valence-electron chi connectivity index (χ4n) is 4.79. The maximum atomic E-state index is 13.4. The second-order valence-corrected chi connectivity index (χ2v) is 9.40. The Hall–Kier alpha value is -4.12. The number of amides is 4. The van der Waals surface area contributed by atoms with Gasteiger partial charge in [0.1, 0.15) is 12.6 Å². The predicted octanol–water partition coefficient (Wildman–Crippen LogP) is 3.33. The van der Waals surface area contributed by atoms with Crippen molar-refractivity contribution in [2.24, 2.45) is 5.92 Å². The van der Waals surface area contributed by atoms with Crippen molar-refractivity contribution in [1.29, 1.82) is 5.26 Å². The van der Waals surface area contributed by atoms with Crippen LogP contribution in [0, 0.1) is 17.2 Å². The number of fused-ring (bicyclic) bond motifs is 1. The highest BCUT2D eigenvalue weighted by molar-refractivity contribution is 6.06. The van der Waals surface area contributed by atoms with E-state index < -0.39 is 12.1 Å². The molecule has 3 aromatic rings. The molecule has 0 radical (unpaired) electrons. The van der Waals surface area contributed by atoms with Crippen molar-refractivity contribution in [3.05, 3.63) is 71.4 Å². The zero-order chi connectivity index (χ0) is 24.5. The summed E-state index contributed by atoms with van der Waals surface area (Å²) in [6.45, 7) is 2.10. The van der Waals surface area contributed by atoms with Gasteiger partial charge >= 0.3 is 6.03 Å². The number of carbonyl (C=O) groups is 3. The number of hydrogen-bond acceptors (Lipinski definition) is 4. The normalized spacial score (nSPS) is 18.4. The highest BCUT2D eigenvalue weighted by atomic mass is 16.2. The number of aromatic amines is 1. The number of nitrogens with zero attached hydrogens (tertiary/aromatic N) is 3. The zero-order valence-electron chi connectivity index (χ0n) is 19.5. The highest BCUT2D eigenvalue weighted by Crippen LogP contribution is 2.36. The lowest BCUT2D eigenvalue weighted by Gasteiger charge is -2.31. The summed E-state index contributed by atoms with van der Waals surface area (Å²) in [5.41, 5.74) is 3.37. The fraction of sp³-hybridized carbons (Fsp3) is 0.333. The molecule has 178 valence electrons. The van der Waals surface area contributed by atoms with Gasteiger partial charge in [0.2, 0.25) is 5.91 Å². The molecule has 2 atom stereocenters. The molecule has 8 nitrogen and oxygen atoms in total. The number of aromatic nitrogens is 1. The molecule has 1 saturated carbocycles. The number of rotatable bonds is 8. The number of nitrogens with one attached hydrogen (secondary N) is 2. The SMILES string of the molecule is CC(C1CC1)N(Cc1ccc(C#N)cc1)C(=O)CN1C(=O)NC(Cc2c[nH]c3ccccc23)C1=O. The van der Waals surface area contributed by atoms with Crippen LogP contribution in [-0.4, -0.2) is 51.3 Å². The van der Waals surface area contributed by atoms with E-state index in [0.717, 1.165) is 39.8 Å². The number of urea groups is 1. The van der Waals surface area contributed by atoms with E-state index in [1.54, 1.807) is 17.0 Å². The predicted molar refractivity (Wildman–Crippen MR) is 130 cm³/mol. The van der Waals surface area contributed by atoms with E-state index in [1.807, 2.05) is 49.5 Å². The molecule has 1 aliphatic heterocycles. The molecule has 2 aliphatic rings. The molecule has 2 unspecified atom stereocenters. The van der Waals surface area contributed by atoms with Crippen molar-refractivity contribution in [2.45, 2.75) is 44.8 Å². The average Bonchev–Trinajstić information content (AvgIpc) is 3.60. The summed E-state index contributed by atoms with van der Waals surface area (Å²) >= 11 is 0. The van der Waals surface area contributed by atoms with Gasteiger partial charge in [0, 0.05) is 36.1 Å². The summed E-state index contributed by atoms with van der Waals surface area (Å²) in [5.74, 6) is -0.217. The first-order chi connectivity index (χ1) is 16.9. The highest BCUT2D eigenvalue weighted by Gasteiger charge is 2.41. The van der Waals surface area contributed by atoms with E-state index in [2.05, 4.69) is 16.4 Å². The molecule has 5 rings (SSSR count). The van der Waals surface area contributed by atoms with Gasteiger partial charge in [0.15, 0.2) is 0 Å². The largest absolute Gasteiger partial charge is 0.361 e. The van der Waals surface area contributed by atoms with Gasteiger partial charge in [-0.25, -0.2) is 4.79 Å². The van der Waals surface area contributed by atoms with E-state index >= 15 is 0 Å². The zero-order valence-corrected chi connectivity index (χ0v) is 19.5. The minimum atomic E-state index is -0.706. The number of hydrogen-bond donors (Lipinski definition) is 2. The van der Waals surface area contributed by atoms with Gasteiger partial charge in [0.05, 0.1) is 11.6 Å². The van der Waals surface area contributed by atoms with Crippen LogP contribution < -0.4 is 5.32 Å². The van der Waals surface area contributed by atoms with Gasteiger partial charge in [-0.1, -0.05) is 30.3 Å². The van der Waals surface area contributed by atoms with Gasteiger partial charge in [-0.05, 0) is 55.0 Å². The summed E-state index contributed by atoms with van der Waals surface area (Å²) in [5, 5.41) is 12.8. The van der Waals surface area contributed by atoms with Crippen molar-refractivity contribution in [1.82, 2.24) is 20.1 Å². The maximum absolute atomic E-state index is 13.4. The topological polar surface area (TPSA) is 109 Å². The second kappa shape index (κ2) is 9.26. The van der Waals surface area contributed by atoms with Crippen LogP contribution in [0.5, 0.6) is 0 Å². The minimum Gasteiger partial charge on any atom is -0.361 e. The summed E-state index contributed by atoms with van der Waals surface area (Å²) in [6, 6.07) is 15.8. The van der Waals surface area contributed by atoms with Crippen LogP contribution >= 0.6 is 0 Å². The molecule has 1 aromatic heterocycles. The molecule has 4 amide bonds. The van der Waals surface area contributed by atoms with Crippen molar-refractivity contribution in [3.63, 3.8) is 0 Å². The Labute approximate surface area is 203 Å². The number of imide groups is 1. The third-order valence-electron chi connectivity index (χ3n) is 7.05. The molecular formula is C27H27N5O3. The average molecular weight is 470 g/mol. The van der Waals surface area contributed by atoms with Crippen LogP contribution in [-0.2, 0) is 22.6 Å². The van der Waals surface area contributed by atoms with Gasteiger partial charge < -0.3 is 15.2 Å². The third kappa shape index (κ3) is 4.62. The Morgan fingerprint density at radius 1 is 1.17 bits per heavy atom. The number of H-pyrrole nitrogens is 1. The van der Waals surface area contributed by atoms with Crippen molar-refractivity contribution < 1.29 is 14.4 Å². The molecule has 1 aliphatic carbocycles. The molecular weight excluding hydrogens is 442 g/mol. The van der Waals surface area contributed by atoms with Crippen LogP contribution in [0.1, 0.15) is 36.5 Å². The van der Waals surface area contributed by atoms with Gasteiger partial charge in [-0.15, -0.1) is 0 Å². The van der Waals surface area contributed by atoms with Crippen LogP contribution in [0.3, 0.4) is 0 Å². The summed E-state index contributed by atoms with van der Waals surface area (Å²) < 4.78 is 0. The van der Waals surface area contributed by atoms with Crippen LogP contribution in [0.25, 0.3) is 10.9 Å². The number of nitriles is 1. The van der Waals surface area contributed by atoms with Gasteiger partial charge in [-0.2, -0.15) is 5.26 Å². The Balaban J connectivity index is 1.29. The van der Waals surface area contributed by atoms with E-state index in [0.29, 0.717) is 24.4 Å². The van der Waals surface area contributed by atoms with E-state index in [9.17, 15) is 14.4 Å². The minimum absolute atomic E-state index is 0.000858. The first-order valence-electron chi connectivity index (χ1n) is 11.9. The van der Waals surface area contributed by atoms with Crippen LogP contribution in [0.15, 0.2) is 54.7 Å². The lowest BCUT2D eigenvalue weighted by atomic mass is 10.1. The number of benzene rings is 2. The summed E-state index contributed by atoms with van der Waals surface area (Å²) in [4.78, 5) is 45.2. The molecule has 2 fully saturated rings. The summed E-state index contributed by atoms with van der Waals surface area (Å²) in [6.07, 6.45) is 4.34. The first-order valence-corrected chi connectivity index (χ1v) is 11.9. The molecule has 2 N–H and O–H groups in total. The van der Waals surface area contributed by atoms with Crippen molar-refractivity contribution in [2.75, 3.05) is 6.54 Å². The first kappa shape index (κ1) is 22.7. The standard InChI is InChI=1S/C27H27N5O3/c1-17(20-10-11-20)31(15-19-8-6-18(13-28)7-9-19)25(33)16-32-26(34)24(30-27(32)35)12-21-14-29-23-5-3-2-4-22(21)23/h2-9,14,17,20,24,29H,10-12,15-16H2,1H3,(H,30,35). The molecule has 8 heteroatoms. The van der Waals surface area contributed by atoms with E-state index in [1.165, 1.54) is 0 Å². The maximum Gasteiger partial charge on any atom is 0.325 e. The molecule has 2 aromatic carbocycles. The van der Waals surface area contributed by atoms with Crippen molar-refractivity contribution >= 4 is 28.7 Å². The smallest absolute Gasteiger partial charge is 0.325 e. The second-order valence-electron chi connectivity index (χ2n) is 9.40. The lowest BCUT2D eigenvalue weighted by Crippen LogP contribution is -2.47. The molecule has 1 saturated heterocycles. The van der Waals surface area contributed by atoms with Gasteiger partial charge in [0.25, 0.3) is 5.91 Å². The van der Waals surface area contributed by atoms with E-state index in [-0.39, 0.29) is 24.4 Å².